The number of fused-ring (bicyclic) bond motifs is 4. The van der Waals surface area contributed by atoms with E-state index < -0.39 is 0 Å². The highest BCUT2D eigenvalue weighted by molar-refractivity contribution is 5.89. The molecule has 0 saturated heterocycles. The van der Waals surface area contributed by atoms with E-state index in [2.05, 4.69) is 110 Å². The van der Waals surface area contributed by atoms with Crippen molar-refractivity contribution in [1.29, 1.82) is 0 Å². The standard InChI is InChI=1S/C54H46N6/c1-3-18-36(4-2)42-23-12-13-25-45(42)53-59-49(38-21-10-6-11-22-38)56-51(60-53)40-29-27-39(28-30-40)50-55-48(37-19-8-5-9-20-37)57-52(58-50)41-31-32-44-43-24-14-15-26-46(43)54(47(44)35-41)33-16-7-17-34-54/h3-6,8-15,18-30,35H,7,16-17,31-34H2,1-2H3/b18-3-,36-4+. The Kier molecular flexibility index (Phi) is 9.98. The van der Waals surface area contributed by atoms with Gasteiger partial charge in [0.1, 0.15) is 0 Å². The number of allylic oxidation sites excluding steroid dienone is 8. The molecule has 7 aromatic rings. The molecule has 0 N–H and O–H groups in total. The minimum Gasteiger partial charge on any atom is -0.209 e. The fourth-order valence-corrected chi connectivity index (χ4v) is 9.54. The number of hydrogen-bond donors (Lipinski definition) is 0. The van der Waals surface area contributed by atoms with Gasteiger partial charge in [0.25, 0.3) is 0 Å². The van der Waals surface area contributed by atoms with Crippen LogP contribution in [0.25, 0.3) is 73.7 Å². The molecule has 60 heavy (non-hydrogen) atoms. The maximum Gasteiger partial charge on any atom is 0.164 e. The van der Waals surface area contributed by atoms with Crippen molar-refractivity contribution in [1.82, 2.24) is 29.9 Å². The summed E-state index contributed by atoms with van der Waals surface area (Å²) in [7, 11) is 0. The summed E-state index contributed by atoms with van der Waals surface area (Å²) < 4.78 is 0. The van der Waals surface area contributed by atoms with Crippen molar-refractivity contribution in [2.75, 3.05) is 0 Å². The molecular weight excluding hydrogens is 733 g/mol. The van der Waals surface area contributed by atoms with Crippen molar-refractivity contribution < 1.29 is 0 Å². The first kappa shape index (κ1) is 37.4. The lowest BCUT2D eigenvalue weighted by atomic mass is 9.66. The summed E-state index contributed by atoms with van der Waals surface area (Å²) >= 11 is 0. The molecule has 3 aliphatic rings. The Morgan fingerprint density at radius 2 is 0.983 bits per heavy atom. The number of nitrogens with zero attached hydrogens (tertiary/aromatic N) is 6. The average Bonchev–Trinajstić information content (AvgIpc) is 3.58. The molecule has 3 aliphatic carbocycles. The van der Waals surface area contributed by atoms with Gasteiger partial charge in [0.15, 0.2) is 34.9 Å². The van der Waals surface area contributed by atoms with Crippen LogP contribution >= 0.6 is 0 Å². The predicted octanol–water partition coefficient (Wildman–Crippen LogP) is 13.2. The second-order valence-corrected chi connectivity index (χ2v) is 16.0. The van der Waals surface area contributed by atoms with Gasteiger partial charge >= 0.3 is 0 Å². The summed E-state index contributed by atoms with van der Waals surface area (Å²) in [5.41, 5.74) is 14.1. The first-order chi connectivity index (χ1) is 29.6. The quantitative estimate of drug-likeness (QED) is 0.143. The molecule has 6 nitrogen and oxygen atoms in total. The second kappa shape index (κ2) is 16.0. The maximum absolute atomic E-state index is 5.24. The van der Waals surface area contributed by atoms with Gasteiger partial charge in [-0.15, -0.1) is 0 Å². The van der Waals surface area contributed by atoms with Crippen LogP contribution in [0.3, 0.4) is 0 Å². The third-order valence-electron chi connectivity index (χ3n) is 12.4. The largest absolute Gasteiger partial charge is 0.209 e. The third kappa shape index (κ3) is 6.82. The van der Waals surface area contributed by atoms with Crippen LogP contribution in [0.4, 0.5) is 0 Å². The topological polar surface area (TPSA) is 77.3 Å². The van der Waals surface area contributed by atoms with Crippen LogP contribution in [0.2, 0.25) is 0 Å². The van der Waals surface area contributed by atoms with E-state index in [0.717, 1.165) is 57.6 Å². The minimum atomic E-state index is 0.0860. The Hall–Kier alpha value is -6.92. The van der Waals surface area contributed by atoms with Crippen LogP contribution < -0.4 is 0 Å². The monoisotopic (exact) mass is 778 g/mol. The Bertz CT molecular complexity index is 2850. The van der Waals surface area contributed by atoms with Crippen LogP contribution in [0.5, 0.6) is 0 Å². The molecule has 1 saturated carbocycles. The van der Waals surface area contributed by atoms with Gasteiger partial charge in [0.2, 0.25) is 0 Å². The normalized spacial score (nSPS) is 15.9. The number of rotatable bonds is 8. The van der Waals surface area contributed by atoms with Gasteiger partial charge in [0.05, 0.1) is 0 Å². The zero-order chi connectivity index (χ0) is 40.5. The summed E-state index contributed by atoms with van der Waals surface area (Å²) in [5, 5.41) is 0. The molecule has 2 aromatic heterocycles. The summed E-state index contributed by atoms with van der Waals surface area (Å²) in [5.74, 6) is 3.91. The molecule has 0 radical (unpaired) electrons. The zero-order valence-corrected chi connectivity index (χ0v) is 34.1. The lowest BCUT2D eigenvalue weighted by Crippen LogP contribution is -2.29. The van der Waals surface area contributed by atoms with Gasteiger partial charge < -0.3 is 0 Å². The van der Waals surface area contributed by atoms with Crippen molar-refractivity contribution in [3.05, 3.63) is 186 Å². The highest BCUT2D eigenvalue weighted by Crippen LogP contribution is 2.57. The highest BCUT2D eigenvalue weighted by Gasteiger charge is 2.45. The van der Waals surface area contributed by atoms with E-state index in [1.807, 2.05) is 61.5 Å². The van der Waals surface area contributed by atoms with Crippen molar-refractivity contribution in [3.63, 3.8) is 0 Å². The fraction of sp³-hybridized carbons (Fsp3) is 0.185. The van der Waals surface area contributed by atoms with E-state index in [4.69, 9.17) is 29.9 Å². The van der Waals surface area contributed by atoms with Gasteiger partial charge in [-0.25, -0.2) is 29.9 Å². The molecule has 1 spiro atoms. The molecule has 10 rings (SSSR count). The van der Waals surface area contributed by atoms with Crippen molar-refractivity contribution >= 4 is 16.7 Å². The van der Waals surface area contributed by atoms with Gasteiger partial charge in [-0.1, -0.05) is 177 Å². The SMILES string of the molecule is C/C=C\C(=C/C)c1ccccc1-c1nc(-c2ccccc2)nc(-c2ccc(-c3nc(C4=CC5=C(CC4)c4ccccc4C54CCCCC4)nc(-c4ccccc4)n3)cc2)n1. The number of benzene rings is 5. The van der Waals surface area contributed by atoms with Gasteiger partial charge in [0, 0.05) is 33.2 Å². The Morgan fingerprint density at radius 3 is 1.57 bits per heavy atom. The smallest absolute Gasteiger partial charge is 0.164 e. The summed E-state index contributed by atoms with van der Waals surface area (Å²) in [6, 6.07) is 46.1. The molecular formula is C54H46N6. The first-order valence-electron chi connectivity index (χ1n) is 21.3. The molecule has 1 fully saturated rings. The van der Waals surface area contributed by atoms with Gasteiger partial charge in [-0.2, -0.15) is 0 Å². The summed E-state index contributed by atoms with van der Waals surface area (Å²) in [6.45, 7) is 4.09. The van der Waals surface area contributed by atoms with Crippen LogP contribution in [0, 0.1) is 0 Å². The predicted molar refractivity (Wildman–Crippen MR) is 244 cm³/mol. The van der Waals surface area contributed by atoms with E-state index in [0.29, 0.717) is 29.1 Å². The van der Waals surface area contributed by atoms with Crippen LogP contribution in [0.15, 0.2) is 163 Å². The molecule has 0 bridgehead atoms. The fourth-order valence-electron chi connectivity index (χ4n) is 9.54. The Balaban J connectivity index is 1.06. The second-order valence-electron chi connectivity index (χ2n) is 16.0. The zero-order valence-electron chi connectivity index (χ0n) is 34.1. The average molecular weight is 779 g/mol. The number of aromatic nitrogens is 6. The van der Waals surface area contributed by atoms with E-state index in [1.165, 1.54) is 60.0 Å². The van der Waals surface area contributed by atoms with E-state index in [1.54, 1.807) is 0 Å². The summed E-state index contributed by atoms with van der Waals surface area (Å²) in [6.07, 6.45) is 16.9. The molecule has 0 amide bonds. The highest BCUT2D eigenvalue weighted by atomic mass is 15.0. The molecule has 292 valence electrons. The Labute approximate surface area is 352 Å². The molecule has 6 heteroatoms. The molecule has 0 atom stereocenters. The van der Waals surface area contributed by atoms with Crippen LogP contribution in [-0.4, -0.2) is 29.9 Å². The van der Waals surface area contributed by atoms with E-state index in [-0.39, 0.29) is 5.41 Å². The van der Waals surface area contributed by atoms with Crippen LogP contribution in [-0.2, 0) is 5.41 Å². The molecule has 0 aliphatic heterocycles. The molecule has 5 aromatic carbocycles. The third-order valence-corrected chi connectivity index (χ3v) is 12.4. The van der Waals surface area contributed by atoms with Crippen molar-refractivity contribution in [3.8, 4) is 56.9 Å². The Morgan fingerprint density at radius 1 is 0.483 bits per heavy atom. The molecule has 0 unspecified atom stereocenters. The number of hydrogen-bond acceptors (Lipinski definition) is 6. The van der Waals surface area contributed by atoms with Crippen molar-refractivity contribution in [2.45, 2.75) is 64.2 Å². The summed E-state index contributed by atoms with van der Waals surface area (Å²) in [4.78, 5) is 30.7. The van der Waals surface area contributed by atoms with Crippen molar-refractivity contribution in [2.24, 2.45) is 0 Å². The lowest BCUT2D eigenvalue weighted by molar-refractivity contribution is 0.350. The van der Waals surface area contributed by atoms with Gasteiger partial charge in [-0.3, -0.25) is 0 Å². The lowest BCUT2D eigenvalue weighted by Gasteiger charge is -2.37. The van der Waals surface area contributed by atoms with Crippen LogP contribution in [0.1, 0.15) is 81.3 Å². The molecule has 2 heterocycles. The van der Waals surface area contributed by atoms with E-state index in [9.17, 15) is 0 Å². The maximum atomic E-state index is 5.24. The first-order valence-corrected chi connectivity index (χ1v) is 21.3. The van der Waals surface area contributed by atoms with E-state index >= 15 is 0 Å². The minimum absolute atomic E-state index is 0.0860. The van der Waals surface area contributed by atoms with Gasteiger partial charge in [-0.05, 0) is 78.5 Å².